The Bertz CT molecular complexity index is 497. The van der Waals surface area contributed by atoms with Crippen LogP contribution < -0.4 is 5.73 Å². The first-order chi connectivity index (χ1) is 7.70. The third-order valence-electron chi connectivity index (χ3n) is 2.10. The zero-order chi connectivity index (χ0) is 11.5. The smallest absolute Gasteiger partial charge is 0.123 e. The number of nitrogens with zero attached hydrogens (tertiary/aromatic N) is 3. The van der Waals surface area contributed by atoms with Crippen molar-refractivity contribution in [2.45, 2.75) is 6.54 Å². The van der Waals surface area contributed by atoms with Crippen LogP contribution in [0.15, 0.2) is 28.9 Å². The summed E-state index contributed by atoms with van der Waals surface area (Å²) < 4.78 is 15.5. The number of nitrogens with two attached hydrogens (primary N) is 1. The van der Waals surface area contributed by atoms with E-state index in [2.05, 4.69) is 26.2 Å². The predicted octanol–water partition coefficient (Wildman–Crippen LogP) is 1.81. The van der Waals surface area contributed by atoms with Gasteiger partial charge in [-0.25, -0.2) is 4.39 Å². The van der Waals surface area contributed by atoms with Crippen LogP contribution in [0.4, 0.5) is 4.39 Å². The van der Waals surface area contributed by atoms with Gasteiger partial charge in [0.05, 0.1) is 12.7 Å². The SMILES string of the molecule is NCCn1cc(-c2cc(F)ccc2Br)nn1. The van der Waals surface area contributed by atoms with Crippen LogP contribution in [0.2, 0.25) is 0 Å². The highest BCUT2D eigenvalue weighted by Gasteiger charge is 2.08. The number of hydrogen-bond acceptors (Lipinski definition) is 3. The summed E-state index contributed by atoms with van der Waals surface area (Å²) in [5.41, 5.74) is 6.71. The molecule has 0 saturated heterocycles. The van der Waals surface area contributed by atoms with Gasteiger partial charge in [0.1, 0.15) is 11.5 Å². The molecule has 2 aromatic rings. The molecule has 0 aliphatic heterocycles. The van der Waals surface area contributed by atoms with E-state index in [-0.39, 0.29) is 5.82 Å². The molecule has 0 spiro atoms. The van der Waals surface area contributed by atoms with Crippen LogP contribution >= 0.6 is 15.9 Å². The van der Waals surface area contributed by atoms with Crippen molar-refractivity contribution in [1.29, 1.82) is 0 Å². The number of hydrogen-bond donors (Lipinski definition) is 1. The van der Waals surface area contributed by atoms with Gasteiger partial charge in [-0.2, -0.15) is 0 Å². The molecule has 2 N–H and O–H groups in total. The highest BCUT2D eigenvalue weighted by atomic mass is 79.9. The molecule has 1 aromatic carbocycles. The summed E-state index contributed by atoms with van der Waals surface area (Å²) in [5.74, 6) is -0.299. The van der Waals surface area contributed by atoms with Crippen LogP contribution in [0.3, 0.4) is 0 Å². The molecule has 6 heteroatoms. The minimum atomic E-state index is -0.299. The molecule has 0 fully saturated rings. The van der Waals surface area contributed by atoms with E-state index in [0.29, 0.717) is 24.3 Å². The second kappa shape index (κ2) is 4.71. The Morgan fingerprint density at radius 2 is 2.25 bits per heavy atom. The van der Waals surface area contributed by atoms with Crippen LogP contribution in [0.25, 0.3) is 11.3 Å². The molecule has 0 aliphatic rings. The average molecular weight is 285 g/mol. The lowest BCUT2D eigenvalue weighted by molar-refractivity contribution is 0.598. The Kier molecular flexibility index (Phi) is 3.31. The quantitative estimate of drug-likeness (QED) is 0.935. The van der Waals surface area contributed by atoms with Gasteiger partial charge in [0.25, 0.3) is 0 Å². The van der Waals surface area contributed by atoms with Gasteiger partial charge >= 0.3 is 0 Å². The molecule has 0 atom stereocenters. The molecule has 84 valence electrons. The molecule has 1 aromatic heterocycles. The van der Waals surface area contributed by atoms with Crippen molar-refractivity contribution in [2.24, 2.45) is 5.73 Å². The first-order valence-electron chi connectivity index (χ1n) is 4.76. The molecular weight excluding hydrogens is 275 g/mol. The van der Waals surface area contributed by atoms with Crippen molar-refractivity contribution in [3.63, 3.8) is 0 Å². The van der Waals surface area contributed by atoms with E-state index < -0.39 is 0 Å². The number of rotatable bonds is 3. The van der Waals surface area contributed by atoms with Crippen LogP contribution in [-0.4, -0.2) is 21.5 Å². The average Bonchev–Trinajstić information content (AvgIpc) is 2.71. The molecule has 1 heterocycles. The summed E-state index contributed by atoms with van der Waals surface area (Å²) in [5, 5.41) is 7.86. The van der Waals surface area contributed by atoms with Crippen molar-refractivity contribution < 1.29 is 4.39 Å². The molecule has 2 rings (SSSR count). The molecular formula is C10H10BrFN4. The fourth-order valence-electron chi connectivity index (χ4n) is 1.36. The molecule has 4 nitrogen and oxygen atoms in total. The standard InChI is InChI=1S/C10H10BrFN4/c11-9-2-1-7(12)5-8(9)10-6-16(4-3-13)15-14-10/h1-2,5-6H,3-4,13H2. The van der Waals surface area contributed by atoms with Crippen molar-refractivity contribution >= 4 is 15.9 Å². The summed E-state index contributed by atoms with van der Waals surface area (Å²) in [6, 6.07) is 4.45. The minimum Gasteiger partial charge on any atom is -0.329 e. The second-order valence-corrected chi connectivity index (χ2v) is 4.13. The fraction of sp³-hybridized carbons (Fsp3) is 0.200. The zero-order valence-electron chi connectivity index (χ0n) is 8.40. The summed E-state index contributed by atoms with van der Waals surface area (Å²) in [6.45, 7) is 1.09. The number of aromatic nitrogens is 3. The van der Waals surface area contributed by atoms with E-state index in [4.69, 9.17) is 5.73 Å². The highest BCUT2D eigenvalue weighted by molar-refractivity contribution is 9.10. The van der Waals surface area contributed by atoms with E-state index >= 15 is 0 Å². The normalized spacial score (nSPS) is 10.7. The van der Waals surface area contributed by atoms with E-state index in [1.165, 1.54) is 12.1 Å². The Morgan fingerprint density at radius 1 is 1.44 bits per heavy atom. The van der Waals surface area contributed by atoms with Crippen molar-refractivity contribution in [3.8, 4) is 11.3 Å². The first-order valence-corrected chi connectivity index (χ1v) is 5.55. The Labute approximate surface area is 100 Å². The van der Waals surface area contributed by atoms with Crippen LogP contribution in [-0.2, 0) is 6.54 Å². The zero-order valence-corrected chi connectivity index (χ0v) is 9.98. The summed E-state index contributed by atoms with van der Waals surface area (Å²) >= 11 is 3.35. The summed E-state index contributed by atoms with van der Waals surface area (Å²) in [4.78, 5) is 0. The largest absolute Gasteiger partial charge is 0.329 e. The topological polar surface area (TPSA) is 56.7 Å². The minimum absolute atomic E-state index is 0.299. The predicted molar refractivity (Wildman–Crippen MR) is 62.2 cm³/mol. The lowest BCUT2D eigenvalue weighted by atomic mass is 10.2. The van der Waals surface area contributed by atoms with Gasteiger partial charge in [-0.15, -0.1) is 5.10 Å². The van der Waals surface area contributed by atoms with E-state index in [1.807, 2.05) is 0 Å². The van der Waals surface area contributed by atoms with Gasteiger partial charge in [-0.05, 0) is 18.2 Å². The highest BCUT2D eigenvalue weighted by Crippen LogP contribution is 2.26. The Hall–Kier alpha value is -1.27. The lowest BCUT2D eigenvalue weighted by Crippen LogP contribution is -2.10. The monoisotopic (exact) mass is 284 g/mol. The third-order valence-corrected chi connectivity index (χ3v) is 2.79. The van der Waals surface area contributed by atoms with Gasteiger partial charge in [-0.3, -0.25) is 4.68 Å². The van der Waals surface area contributed by atoms with Gasteiger partial charge < -0.3 is 5.73 Å². The van der Waals surface area contributed by atoms with E-state index in [9.17, 15) is 4.39 Å². The van der Waals surface area contributed by atoms with Gasteiger partial charge in [0.2, 0.25) is 0 Å². The molecule has 0 saturated carbocycles. The Balaban J connectivity index is 2.38. The lowest BCUT2D eigenvalue weighted by Gasteiger charge is -1.99. The number of benzene rings is 1. The second-order valence-electron chi connectivity index (χ2n) is 3.28. The third kappa shape index (κ3) is 2.28. The van der Waals surface area contributed by atoms with E-state index in [0.717, 1.165) is 4.47 Å². The van der Waals surface area contributed by atoms with Gasteiger partial charge in [0, 0.05) is 16.6 Å². The number of halogens is 2. The van der Waals surface area contributed by atoms with E-state index in [1.54, 1.807) is 16.9 Å². The maximum atomic E-state index is 13.1. The molecule has 0 bridgehead atoms. The summed E-state index contributed by atoms with van der Waals surface area (Å²) in [7, 11) is 0. The van der Waals surface area contributed by atoms with Crippen molar-refractivity contribution in [1.82, 2.24) is 15.0 Å². The van der Waals surface area contributed by atoms with Crippen molar-refractivity contribution in [3.05, 3.63) is 34.7 Å². The maximum Gasteiger partial charge on any atom is 0.123 e. The fourth-order valence-corrected chi connectivity index (χ4v) is 1.81. The molecule has 0 radical (unpaired) electrons. The Morgan fingerprint density at radius 3 is 3.00 bits per heavy atom. The van der Waals surface area contributed by atoms with Crippen LogP contribution in [0, 0.1) is 5.82 Å². The van der Waals surface area contributed by atoms with Crippen LogP contribution in [0.1, 0.15) is 0 Å². The molecule has 0 unspecified atom stereocenters. The molecule has 0 amide bonds. The molecule has 0 aliphatic carbocycles. The van der Waals surface area contributed by atoms with Crippen LogP contribution in [0.5, 0.6) is 0 Å². The summed E-state index contributed by atoms with van der Waals surface area (Å²) in [6.07, 6.45) is 1.74. The maximum absolute atomic E-state index is 13.1. The van der Waals surface area contributed by atoms with Gasteiger partial charge in [-0.1, -0.05) is 21.1 Å². The van der Waals surface area contributed by atoms with Crippen molar-refractivity contribution in [2.75, 3.05) is 6.54 Å². The molecule has 16 heavy (non-hydrogen) atoms. The first kappa shape index (κ1) is 11.2. The van der Waals surface area contributed by atoms with Gasteiger partial charge in [0.15, 0.2) is 0 Å².